The van der Waals surface area contributed by atoms with Crippen molar-refractivity contribution >= 4 is 24.0 Å². The molecule has 0 aliphatic heterocycles. The van der Waals surface area contributed by atoms with E-state index < -0.39 is 17.8 Å². The first-order chi connectivity index (χ1) is 14.0. The van der Waals surface area contributed by atoms with Gasteiger partial charge in [-0.15, -0.1) is 0 Å². The van der Waals surface area contributed by atoms with Gasteiger partial charge in [0, 0.05) is 19.2 Å². The number of carboxylic acid groups (broad SMARTS) is 1. The zero-order valence-corrected chi connectivity index (χ0v) is 15.7. The number of hydrogen-bond donors (Lipinski definition) is 2. The Hall–Kier alpha value is -3.72. The van der Waals surface area contributed by atoms with Crippen LogP contribution in [0.4, 0.5) is 0 Å². The Kier molecular flexibility index (Phi) is 8.33. The molecule has 29 heavy (non-hydrogen) atoms. The summed E-state index contributed by atoms with van der Waals surface area (Å²) in [6, 6.07) is 13.1. The maximum absolute atomic E-state index is 11.6. The van der Waals surface area contributed by atoms with Gasteiger partial charge in [-0.25, -0.2) is 5.43 Å². The lowest BCUT2D eigenvalue weighted by Gasteiger charge is -2.10. The Morgan fingerprint density at radius 2 is 1.79 bits per heavy atom. The van der Waals surface area contributed by atoms with Crippen LogP contribution in [0.2, 0.25) is 0 Å². The minimum Gasteiger partial charge on any atom is -0.545 e. The molecule has 0 saturated carbocycles. The van der Waals surface area contributed by atoms with Crippen molar-refractivity contribution in [3.05, 3.63) is 65.2 Å². The summed E-state index contributed by atoms with van der Waals surface area (Å²) in [4.78, 5) is 34.0. The van der Waals surface area contributed by atoms with E-state index in [4.69, 9.17) is 9.47 Å². The van der Waals surface area contributed by atoms with Crippen LogP contribution in [0.15, 0.2) is 53.6 Å². The van der Waals surface area contributed by atoms with Crippen LogP contribution in [0.5, 0.6) is 5.75 Å². The summed E-state index contributed by atoms with van der Waals surface area (Å²) >= 11 is 0. The molecule has 0 unspecified atom stereocenters. The predicted octanol–water partition coefficient (Wildman–Crippen LogP) is -0.158. The lowest BCUT2D eigenvalue weighted by Crippen LogP contribution is -2.39. The Bertz CT molecular complexity index is 880. The second kappa shape index (κ2) is 11.2. The number of carbonyl (C=O) groups excluding carboxylic acids is 3. The largest absolute Gasteiger partial charge is 0.545 e. The average molecular weight is 398 g/mol. The number of methoxy groups -OCH3 is 1. The Morgan fingerprint density at radius 1 is 1.07 bits per heavy atom. The highest BCUT2D eigenvalue weighted by atomic mass is 16.5. The second-order valence-corrected chi connectivity index (χ2v) is 5.76. The standard InChI is InChI=1S/C20H21N3O6/c1-28-11-10-21-18(24)19(25)23-22-12-16-4-2-3-5-17(16)29-13-14-6-8-15(9-7-14)20(26)27/h2-9,12H,10-11,13H2,1H3,(H,21,24)(H,23,25)(H,26,27)/p-1/b22-12-. The van der Waals surface area contributed by atoms with Gasteiger partial charge in [0.05, 0.1) is 18.8 Å². The van der Waals surface area contributed by atoms with Crippen molar-refractivity contribution in [2.45, 2.75) is 6.61 Å². The molecular weight excluding hydrogens is 378 g/mol. The van der Waals surface area contributed by atoms with E-state index >= 15 is 0 Å². The molecular formula is C20H20N3O6-. The molecule has 0 fully saturated rings. The minimum atomic E-state index is -1.24. The van der Waals surface area contributed by atoms with Gasteiger partial charge in [0.1, 0.15) is 12.4 Å². The monoisotopic (exact) mass is 398 g/mol. The van der Waals surface area contributed by atoms with Crippen molar-refractivity contribution in [2.75, 3.05) is 20.3 Å². The highest BCUT2D eigenvalue weighted by Gasteiger charge is 2.11. The normalized spacial score (nSPS) is 10.5. The molecule has 0 spiro atoms. The average Bonchev–Trinajstić information content (AvgIpc) is 2.73. The molecule has 0 radical (unpaired) electrons. The molecule has 9 nitrogen and oxygen atoms in total. The molecule has 2 rings (SSSR count). The summed E-state index contributed by atoms with van der Waals surface area (Å²) in [6.07, 6.45) is 1.36. The van der Waals surface area contributed by atoms with Crippen LogP contribution in [-0.2, 0) is 20.9 Å². The number of benzene rings is 2. The fourth-order valence-corrected chi connectivity index (χ4v) is 2.17. The number of nitrogens with one attached hydrogen (secondary N) is 2. The summed E-state index contributed by atoms with van der Waals surface area (Å²) < 4.78 is 10.5. The first-order valence-corrected chi connectivity index (χ1v) is 8.63. The highest BCUT2D eigenvalue weighted by molar-refractivity contribution is 6.35. The number of aromatic carboxylic acids is 1. The van der Waals surface area contributed by atoms with Gasteiger partial charge < -0.3 is 24.7 Å². The number of amides is 2. The molecule has 0 aliphatic rings. The number of rotatable bonds is 9. The molecule has 152 valence electrons. The van der Waals surface area contributed by atoms with E-state index in [0.717, 1.165) is 5.56 Å². The van der Waals surface area contributed by atoms with E-state index in [9.17, 15) is 19.5 Å². The van der Waals surface area contributed by atoms with Crippen LogP contribution in [0.25, 0.3) is 0 Å². The van der Waals surface area contributed by atoms with Gasteiger partial charge in [0.15, 0.2) is 0 Å². The number of hydrogen-bond acceptors (Lipinski definition) is 7. The van der Waals surface area contributed by atoms with Crippen molar-refractivity contribution in [3.8, 4) is 5.75 Å². The Balaban J connectivity index is 1.92. The zero-order valence-electron chi connectivity index (χ0n) is 15.7. The first kappa shape index (κ1) is 21.6. The number of nitrogens with zero attached hydrogens (tertiary/aromatic N) is 1. The molecule has 0 heterocycles. The number of ether oxygens (including phenoxy) is 2. The van der Waals surface area contributed by atoms with E-state index in [2.05, 4.69) is 15.8 Å². The third kappa shape index (κ3) is 7.07. The van der Waals surface area contributed by atoms with Crippen LogP contribution in [0.3, 0.4) is 0 Å². The van der Waals surface area contributed by atoms with Gasteiger partial charge in [-0.3, -0.25) is 9.59 Å². The van der Waals surface area contributed by atoms with Gasteiger partial charge in [0.25, 0.3) is 0 Å². The van der Waals surface area contributed by atoms with Crippen LogP contribution in [0.1, 0.15) is 21.5 Å². The van der Waals surface area contributed by atoms with Crippen molar-refractivity contribution in [2.24, 2.45) is 5.10 Å². The Morgan fingerprint density at radius 3 is 2.48 bits per heavy atom. The van der Waals surface area contributed by atoms with Crippen molar-refractivity contribution in [3.63, 3.8) is 0 Å². The lowest BCUT2D eigenvalue weighted by molar-refractivity contribution is -0.255. The molecule has 2 N–H and O–H groups in total. The number of carbonyl (C=O) groups is 3. The van der Waals surface area contributed by atoms with Crippen LogP contribution in [0, 0.1) is 0 Å². The van der Waals surface area contributed by atoms with Crippen LogP contribution in [-0.4, -0.2) is 44.3 Å². The maximum Gasteiger partial charge on any atom is 0.329 e. The predicted molar refractivity (Wildman–Crippen MR) is 102 cm³/mol. The van der Waals surface area contributed by atoms with Gasteiger partial charge in [-0.05, 0) is 23.3 Å². The first-order valence-electron chi connectivity index (χ1n) is 8.63. The van der Waals surface area contributed by atoms with E-state index in [1.165, 1.54) is 25.5 Å². The summed E-state index contributed by atoms with van der Waals surface area (Å²) in [7, 11) is 1.48. The minimum absolute atomic E-state index is 0.0864. The van der Waals surface area contributed by atoms with Gasteiger partial charge in [-0.1, -0.05) is 36.4 Å². The van der Waals surface area contributed by atoms with Crippen LogP contribution >= 0.6 is 0 Å². The lowest BCUT2D eigenvalue weighted by atomic mass is 10.1. The van der Waals surface area contributed by atoms with E-state index in [1.807, 2.05) is 0 Å². The van der Waals surface area contributed by atoms with E-state index in [1.54, 1.807) is 36.4 Å². The SMILES string of the molecule is COCCNC(=O)C(=O)N/N=C\c1ccccc1OCc1ccc(C(=O)[O-])cc1. The number of carboxylic acids is 1. The van der Waals surface area contributed by atoms with E-state index in [-0.39, 0.29) is 18.7 Å². The van der Waals surface area contributed by atoms with Crippen molar-refractivity contribution in [1.82, 2.24) is 10.7 Å². The van der Waals surface area contributed by atoms with Crippen molar-refractivity contribution in [1.29, 1.82) is 0 Å². The quantitative estimate of drug-likeness (QED) is 0.261. The molecule has 0 saturated heterocycles. The summed E-state index contributed by atoms with van der Waals surface area (Å²) in [6.45, 7) is 0.711. The molecule has 2 aromatic carbocycles. The summed E-state index contributed by atoms with van der Waals surface area (Å²) in [5.41, 5.74) is 3.57. The second-order valence-electron chi connectivity index (χ2n) is 5.76. The van der Waals surface area contributed by atoms with Gasteiger partial charge in [-0.2, -0.15) is 5.10 Å². The highest BCUT2D eigenvalue weighted by Crippen LogP contribution is 2.17. The van der Waals surface area contributed by atoms with Crippen LogP contribution < -0.4 is 20.6 Å². The molecule has 0 aliphatic carbocycles. The molecule has 2 aromatic rings. The fourth-order valence-electron chi connectivity index (χ4n) is 2.17. The molecule has 9 heteroatoms. The Labute approximate surface area is 167 Å². The third-order valence-corrected chi connectivity index (χ3v) is 3.67. The topological polar surface area (TPSA) is 129 Å². The van der Waals surface area contributed by atoms with Crippen molar-refractivity contribution < 1.29 is 29.0 Å². The van der Waals surface area contributed by atoms with Gasteiger partial charge in [0.2, 0.25) is 0 Å². The third-order valence-electron chi connectivity index (χ3n) is 3.67. The number of para-hydroxylation sites is 1. The summed E-state index contributed by atoms with van der Waals surface area (Å²) in [5.74, 6) is -2.46. The fraction of sp³-hybridized carbons (Fsp3) is 0.200. The van der Waals surface area contributed by atoms with E-state index in [0.29, 0.717) is 17.9 Å². The summed E-state index contributed by atoms with van der Waals surface area (Å²) in [5, 5.41) is 16.9. The zero-order chi connectivity index (χ0) is 21.1. The number of hydrazone groups is 1. The smallest absolute Gasteiger partial charge is 0.329 e. The van der Waals surface area contributed by atoms with Gasteiger partial charge >= 0.3 is 11.8 Å². The molecule has 0 bridgehead atoms. The maximum atomic E-state index is 11.6. The molecule has 2 amide bonds. The molecule has 0 aromatic heterocycles. The molecule has 0 atom stereocenters.